The monoisotopic (exact) mass is 235 g/mol. The third kappa shape index (κ3) is 6.16. The van der Waals surface area contributed by atoms with Crippen molar-refractivity contribution in [3.63, 3.8) is 0 Å². The van der Waals surface area contributed by atoms with Gasteiger partial charge in [-0.25, -0.2) is 0 Å². The van der Waals surface area contributed by atoms with E-state index in [-0.39, 0.29) is 6.17 Å². The Kier molecular flexibility index (Phi) is 7.22. The zero-order valence-corrected chi connectivity index (χ0v) is 10.3. The number of hydrogen-bond acceptors (Lipinski definition) is 4. The third-order valence-corrected chi connectivity index (χ3v) is 2.45. The summed E-state index contributed by atoms with van der Waals surface area (Å²) in [7, 11) is 1.69. The summed E-state index contributed by atoms with van der Waals surface area (Å²) in [6.45, 7) is 2.28. The predicted molar refractivity (Wildman–Crippen MR) is 70.3 cm³/mol. The average molecular weight is 235 g/mol. The number of ether oxygens (including phenoxy) is 1. The Balaban J connectivity index is 2.30. The SMILES string of the molecule is COCCNC(CC=N)NCc1ccccc1. The van der Waals surface area contributed by atoms with Gasteiger partial charge in [0.05, 0.1) is 12.8 Å². The highest BCUT2D eigenvalue weighted by Gasteiger charge is 2.04. The maximum atomic E-state index is 7.16. The minimum atomic E-state index is 0.128. The minimum absolute atomic E-state index is 0.128. The lowest BCUT2D eigenvalue weighted by Gasteiger charge is -2.18. The van der Waals surface area contributed by atoms with Gasteiger partial charge in [0.15, 0.2) is 0 Å². The van der Waals surface area contributed by atoms with Crippen LogP contribution in [-0.2, 0) is 11.3 Å². The molecule has 4 heteroatoms. The molecule has 0 aliphatic rings. The van der Waals surface area contributed by atoms with Crippen molar-refractivity contribution in [1.82, 2.24) is 10.6 Å². The highest BCUT2D eigenvalue weighted by atomic mass is 16.5. The zero-order valence-electron chi connectivity index (χ0n) is 10.3. The number of nitrogens with one attached hydrogen (secondary N) is 3. The zero-order chi connectivity index (χ0) is 12.3. The molecule has 1 atom stereocenters. The van der Waals surface area contributed by atoms with Crippen LogP contribution in [0.3, 0.4) is 0 Å². The highest BCUT2D eigenvalue weighted by molar-refractivity contribution is 5.53. The van der Waals surface area contributed by atoms with E-state index in [4.69, 9.17) is 10.1 Å². The summed E-state index contributed by atoms with van der Waals surface area (Å²) in [5.74, 6) is 0. The molecular formula is C13H21N3O. The first-order valence-corrected chi connectivity index (χ1v) is 5.85. The molecule has 17 heavy (non-hydrogen) atoms. The fourth-order valence-corrected chi connectivity index (χ4v) is 1.53. The van der Waals surface area contributed by atoms with Gasteiger partial charge in [-0.05, 0) is 11.8 Å². The molecule has 94 valence electrons. The molecule has 0 saturated heterocycles. The largest absolute Gasteiger partial charge is 0.383 e. The second-order valence-corrected chi connectivity index (χ2v) is 3.81. The second kappa shape index (κ2) is 8.87. The Hall–Kier alpha value is -1.23. The van der Waals surface area contributed by atoms with Crippen LogP contribution in [0.1, 0.15) is 12.0 Å². The van der Waals surface area contributed by atoms with E-state index in [1.54, 1.807) is 7.11 Å². The lowest BCUT2D eigenvalue weighted by molar-refractivity contribution is 0.193. The van der Waals surface area contributed by atoms with Crippen molar-refractivity contribution >= 4 is 6.21 Å². The maximum absolute atomic E-state index is 7.16. The third-order valence-electron chi connectivity index (χ3n) is 2.45. The molecule has 1 unspecified atom stereocenters. The van der Waals surface area contributed by atoms with Gasteiger partial charge >= 0.3 is 0 Å². The Labute approximate surface area is 103 Å². The molecule has 0 aromatic heterocycles. The summed E-state index contributed by atoms with van der Waals surface area (Å²) >= 11 is 0. The van der Waals surface area contributed by atoms with Crippen molar-refractivity contribution in [3.05, 3.63) is 35.9 Å². The van der Waals surface area contributed by atoms with Gasteiger partial charge in [0, 0.05) is 26.6 Å². The molecule has 1 aromatic rings. The molecule has 0 amide bonds. The van der Waals surface area contributed by atoms with Crippen LogP contribution in [0.2, 0.25) is 0 Å². The van der Waals surface area contributed by atoms with Crippen LogP contribution in [0, 0.1) is 5.41 Å². The smallest absolute Gasteiger partial charge is 0.0625 e. The maximum Gasteiger partial charge on any atom is 0.0625 e. The van der Waals surface area contributed by atoms with E-state index in [0.29, 0.717) is 13.0 Å². The van der Waals surface area contributed by atoms with Crippen LogP contribution < -0.4 is 10.6 Å². The molecule has 0 bridgehead atoms. The van der Waals surface area contributed by atoms with Gasteiger partial charge in [0.1, 0.15) is 0 Å². The molecule has 0 radical (unpaired) electrons. The van der Waals surface area contributed by atoms with Gasteiger partial charge in [-0.3, -0.25) is 10.6 Å². The normalized spacial score (nSPS) is 12.3. The average Bonchev–Trinajstić information content (AvgIpc) is 2.37. The Morgan fingerprint density at radius 1 is 1.29 bits per heavy atom. The van der Waals surface area contributed by atoms with Crippen LogP contribution in [0.25, 0.3) is 0 Å². The van der Waals surface area contributed by atoms with Crippen LogP contribution in [0.15, 0.2) is 30.3 Å². The van der Waals surface area contributed by atoms with Crippen LogP contribution in [-0.4, -0.2) is 32.6 Å². The molecule has 1 aromatic carbocycles. The standard InChI is InChI=1S/C13H21N3O/c1-17-10-9-15-13(7-8-14)16-11-12-5-3-2-4-6-12/h2-6,8,13-16H,7,9-11H2,1H3. The molecule has 0 aliphatic heterocycles. The number of benzene rings is 1. The molecule has 0 aliphatic carbocycles. The summed E-state index contributed by atoms with van der Waals surface area (Å²) in [4.78, 5) is 0. The lowest BCUT2D eigenvalue weighted by Crippen LogP contribution is -2.43. The molecule has 0 saturated carbocycles. The lowest BCUT2D eigenvalue weighted by atomic mass is 10.2. The van der Waals surface area contributed by atoms with E-state index in [2.05, 4.69) is 22.8 Å². The fourth-order valence-electron chi connectivity index (χ4n) is 1.53. The number of methoxy groups -OCH3 is 1. The van der Waals surface area contributed by atoms with Crippen molar-refractivity contribution in [2.75, 3.05) is 20.3 Å². The molecule has 0 spiro atoms. The topological polar surface area (TPSA) is 57.1 Å². The van der Waals surface area contributed by atoms with Gasteiger partial charge in [0.25, 0.3) is 0 Å². The number of rotatable bonds is 9. The molecule has 3 N–H and O–H groups in total. The molecule has 4 nitrogen and oxygen atoms in total. The van der Waals surface area contributed by atoms with E-state index >= 15 is 0 Å². The van der Waals surface area contributed by atoms with E-state index in [1.165, 1.54) is 11.8 Å². The molecular weight excluding hydrogens is 214 g/mol. The summed E-state index contributed by atoms with van der Waals surface area (Å²) in [5.41, 5.74) is 1.25. The van der Waals surface area contributed by atoms with E-state index in [0.717, 1.165) is 13.1 Å². The Morgan fingerprint density at radius 3 is 2.71 bits per heavy atom. The first-order valence-electron chi connectivity index (χ1n) is 5.85. The van der Waals surface area contributed by atoms with Crippen molar-refractivity contribution in [2.45, 2.75) is 19.1 Å². The van der Waals surface area contributed by atoms with Gasteiger partial charge < -0.3 is 10.1 Å². The van der Waals surface area contributed by atoms with Crippen molar-refractivity contribution in [1.29, 1.82) is 5.41 Å². The predicted octanol–water partition coefficient (Wildman–Crippen LogP) is 1.38. The minimum Gasteiger partial charge on any atom is -0.383 e. The van der Waals surface area contributed by atoms with Crippen molar-refractivity contribution in [3.8, 4) is 0 Å². The van der Waals surface area contributed by atoms with Crippen molar-refractivity contribution in [2.24, 2.45) is 0 Å². The summed E-state index contributed by atoms with van der Waals surface area (Å²) in [6.07, 6.45) is 2.22. The van der Waals surface area contributed by atoms with Crippen LogP contribution in [0.4, 0.5) is 0 Å². The first kappa shape index (κ1) is 13.8. The Bertz CT molecular complexity index is 303. The second-order valence-electron chi connectivity index (χ2n) is 3.81. The highest BCUT2D eigenvalue weighted by Crippen LogP contribution is 1.98. The van der Waals surface area contributed by atoms with Crippen LogP contribution in [0.5, 0.6) is 0 Å². The quantitative estimate of drug-likeness (QED) is 0.344. The van der Waals surface area contributed by atoms with Gasteiger partial charge in [0.2, 0.25) is 0 Å². The fraction of sp³-hybridized carbons (Fsp3) is 0.462. The van der Waals surface area contributed by atoms with Gasteiger partial charge in [-0.1, -0.05) is 30.3 Å². The molecule has 0 heterocycles. The summed E-state index contributed by atoms with van der Waals surface area (Å²) in [6, 6.07) is 10.2. The Morgan fingerprint density at radius 2 is 2.06 bits per heavy atom. The first-order chi connectivity index (χ1) is 8.36. The summed E-state index contributed by atoms with van der Waals surface area (Å²) < 4.78 is 4.99. The van der Waals surface area contributed by atoms with Gasteiger partial charge in [-0.15, -0.1) is 0 Å². The van der Waals surface area contributed by atoms with Gasteiger partial charge in [-0.2, -0.15) is 0 Å². The molecule has 0 fully saturated rings. The van der Waals surface area contributed by atoms with Crippen LogP contribution >= 0.6 is 0 Å². The van der Waals surface area contributed by atoms with E-state index in [9.17, 15) is 0 Å². The van der Waals surface area contributed by atoms with E-state index < -0.39 is 0 Å². The number of hydrogen-bond donors (Lipinski definition) is 3. The molecule has 1 rings (SSSR count). The van der Waals surface area contributed by atoms with Crippen molar-refractivity contribution < 1.29 is 4.74 Å². The van der Waals surface area contributed by atoms with E-state index in [1.807, 2.05) is 18.2 Å². The summed E-state index contributed by atoms with van der Waals surface area (Å²) in [5, 5.41) is 13.8.